The highest BCUT2D eigenvalue weighted by atomic mass is 35.5. The van der Waals surface area contributed by atoms with Crippen LogP contribution in [0.1, 0.15) is 32.6 Å². The van der Waals surface area contributed by atoms with Crippen LogP contribution in [0.3, 0.4) is 0 Å². The van der Waals surface area contributed by atoms with Crippen molar-refractivity contribution < 1.29 is 9.90 Å². The van der Waals surface area contributed by atoms with Crippen LogP contribution >= 0.6 is 11.6 Å². The van der Waals surface area contributed by atoms with Crippen LogP contribution in [-0.2, 0) is 0 Å². The number of aliphatic hydroxyl groups is 1. The summed E-state index contributed by atoms with van der Waals surface area (Å²) in [5, 5.41) is 16.5. The zero-order valence-electron chi connectivity index (χ0n) is 11.7. The fourth-order valence-electron chi connectivity index (χ4n) is 2.43. The summed E-state index contributed by atoms with van der Waals surface area (Å²) in [6, 6.07) is 6.59. The Balaban J connectivity index is 1.79. The van der Waals surface area contributed by atoms with E-state index in [-0.39, 0.29) is 6.03 Å². The number of nitrogens with one attached hydrogen (secondary N) is 2. The largest absolute Gasteiger partial charge is 0.388 e. The van der Waals surface area contributed by atoms with Gasteiger partial charge < -0.3 is 15.7 Å². The summed E-state index contributed by atoms with van der Waals surface area (Å²) < 4.78 is 0. The van der Waals surface area contributed by atoms with E-state index in [2.05, 4.69) is 17.6 Å². The van der Waals surface area contributed by atoms with E-state index in [1.54, 1.807) is 24.3 Å². The Morgan fingerprint density at radius 1 is 1.35 bits per heavy atom. The normalized spacial score (nSPS) is 26.1. The smallest absolute Gasteiger partial charge is 0.319 e. The van der Waals surface area contributed by atoms with Gasteiger partial charge in [0.2, 0.25) is 0 Å². The first-order chi connectivity index (χ1) is 9.47. The standard InChI is InChI=1S/C15H21ClN2O2/c1-11-6-8-15(20,9-7-11)10-17-14(19)18-13-4-2-12(16)3-5-13/h2-5,11,20H,6-10H2,1H3,(H2,17,18,19). The molecule has 5 heteroatoms. The zero-order chi connectivity index (χ0) is 14.6. The van der Waals surface area contributed by atoms with Crippen molar-refractivity contribution in [1.29, 1.82) is 0 Å². The van der Waals surface area contributed by atoms with Crippen molar-refractivity contribution in [2.24, 2.45) is 5.92 Å². The van der Waals surface area contributed by atoms with E-state index in [1.165, 1.54) is 0 Å². The molecule has 0 spiro atoms. The lowest BCUT2D eigenvalue weighted by Gasteiger charge is -2.34. The molecule has 1 fully saturated rings. The second-order valence-corrected chi connectivity index (χ2v) is 6.16. The molecule has 20 heavy (non-hydrogen) atoms. The quantitative estimate of drug-likeness (QED) is 0.800. The molecule has 4 nitrogen and oxygen atoms in total. The fourth-order valence-corrected chi connectivity index (χ4v) is 2.56. The first-order valence-electron chi connectivity index (χ1n) is 7.00. The first-order valence-corrected chi connectivity index (χ1v) is 7.37. The number of rotatable bonds is 3. The summed E-state index contributed by atoms with van der Waals surface area (Å²) in [4.78, 5) is 11.8. The lowest BCUT2D eigenvalue weighted by atomic mass is 9.79. The summed E-state index contributed by atoms with van der Waals surface area (Å²) in [5.41, 5.74) is -0.0831. The average Bonchev–Trinajstić information content (AvgIpc) is 2.43. The predicted molar refractivity (Wildman–Crippen MR) is 81.1 cm³/mol. The van der Waals surface area contributed by atoms with E-state index in [0.29, 0.717) is 23.2 Å². The van der Waals surface area contributed by atoms with Crippen molar-refractivity contribution in [3.63, 3.8) is 0 Å². The van der Waals surface area contributed by atoms with E-state index in [4.69, 9.17) is 11.6 Å². The highest BCUT2D eigenvalue weighted by Gasteiger charge is 2.31. The van der Waals surface area contributed by atoms with Gasteiger partial charge in [0.05, 0.1) is 5.60 Å². The lowest BCUT2D eigenvalue weighted by molar-refractivity contribution is -0.00356. The van der Waals surface area contributed by atoms with Gasteiger partial charge in [-0.05, 0) is 55.9 Å². The van der Waals surface area contributed by atoms with Gasteiger partial charge in [0, 0.05) is 17.3 Å². The molecule has 0 aromatic heterocycles. The molecule has 1 saturated carbocycles. The molecule has 0 unspecified atom stereocenters. The summed E-state index contributed by atoms with van der Waals surface area (Å²) in [5.74, 6) is 0.665. The van der Waals surface area contributed by atoms with Crippen molar-refractivity contribution in [3.05, 3.63) is 29.3 Å². The molecule has 1 aliphatic rings. The third-order valence-electron chi connectivity index (χ3n) is 3.89. The molecule has 2 rings (SSSR count). The van der Waals surface area contributed by atoms with E-state index in [0.717, 1.165) is 25.7 Å². The van der Waals surface area contributed by atoms with Crippen LogP contribution in [0.5, 0.6) is 0 Å². The predicted octanol–water partition coefficient (Wildman–Crippen LogP) is 3.40. The van der Waals surface area contributed by atoms with E-state index >= 15 is 0 Å². The zero-order valence-corrected chi connectivity index (χ0v) is 12.4. The Morgan fingerprint density at radius 2 is 1.95 bits per heavy atom. The molecule has 2 amide bonds. The molecular formula is C15H21ClN2O2. The third-order valence-corrected chi connectivity index (χ3v) is 4.14. The summed E-state index contributed by atoms with van der Waals surface area (Å²) in [6.07, 6.45) is 3.51. The molecule has 0 aliphatic heterocycles. The minimum Gasteiger partial charge on any atom is -0.388 e. The summed E-state index contributed by atoms with van der Waals surface area (Å²) >= 11 is 5.78. The molecular weight excluding hydrogens is 276 g/mol. The Kier molecular flexibility index (Phi) is 4.89. The fraction of sp³-hybridized carbons (Fsp3) is 0.533. The maximum absolute atomic E-state index is 11.8. The average molecular weight is 297 g/mol. The van der Waals surface area contributed by atoms with Crippen LogP contribution in [-0.4, -0.2) is 23.3 Å². The molecule has 0 heterocycles. The minimum absolute atomic E-state index is 0.291. The van der Waals surface area contributed by atoms with Gasteiger partial charge in [-0.3, -0.25) is 0 Å². The van der Waals surface area contributed by atoms with Gasteiger partial charge >= 0.3 is 6.03 Å². The lowest BCUT2D eigenvalue weighted by Crippen LogP contribution is -2.46. The summed E-state index contributed by atoms with van der Waals surface area (Å²) in [6.45, 7) is 2.49. The Labute approximate surface area is 124 Å². The highest BCUT2D eigenvalue weighted by Crippen LogP contribution is 2.31. The molecule has 0 saturated heterocycles. The van der Waals surface area contributed by atoms with Gasteiger partial charge in [-0.1, -0.05) is 18.5 Å². The Bertz CT molecular complexity index is 453. The van der Waals surface area contributed by atoms with Crippen molar-refractivity contribution in [2.45, 2.75) is 38.2 Å². The van der Waals surface area contributed by atoms with Crippen LogP contribution in [0.15, 0.2) is 24.3 Å². The second kappa shape index (κ2) is 6.46. The summed E-state index contributed by atoms with van der Waals surface area (Å²) in [7, 11) is 0. The molecule has 1 aromatic rings. The molecule has 110 valence electrons. The topological polar surface area (TPSA) is 61.4 Å². The molecule has 1 aromatic carbocycles. The monoisotopic (exact) mass is 296 g/mol. The number of carbonyl (C=O) groups excluding carboxylic acids is 1. The van der Waals surface area contributed by atoms with Crippen LogP contribution in [0, 0.1) is 5.92 Å². The minimum atomic E-state index is -0.760. The van der Waals surface area contributed by atoms with Crippen LogP contribution < -0.4 is 10.6 Å². The molecule has 1 aliphatic carbocycles. The maximum Gasteiger partial charge on any atom is 0.319 e. The molecule has 0 atom stereocenters. The number of amides is 2. The number of urea groups is 1. The van der Waals surface area contributed by atoms with Crippen molar-refractivity contribution in [3.8, 4) is 0 Å². The Morgan fingerprint density at radius 3 is 2.55 bits per heavy atom. The molecule has 0 radical (unpaired) electrons. The number of halogens is 1. The first kappa shape index (κ1) is 15.1. The Hall–Kier alpha value is -1.26. The third kappa shape index (κ3) is 4.39. The van der Waals surface area contributed by atoms with Crippen molar-refractivity contribution in [2.75, 3.05) is 11.9 Å². The van der Waals surface area contributed by atoms with Gasteiger partial charge in [0.15, 0.2) is 0 Å². The highest BCUT2D eigenvalue weighted by molar-refractivity contribution is 6.30. The maximum atomic E-state index is 11.8. The SMILES string of the molecule is CC1CCC(O)(CNC(=O)Nc2ccc(Cl)cc2)CC1. The van der Waals surface area contributed by atoms with Crippen LogP contribution in [0.4, 0.5) is 10.5 Å². The number of hydrogen-bond acceptors (Lipinski definition) is 2. The van der Waals surface area contributed by atoms with E-state index in [1.807, 2.05) is 0 Å². The van der Waals surface area contributed by atoms with Crippen LogP contribution in [0.25, 0.3) is 0 Å². The van der Waals surface area contributed by atoms with E-state index in [9.17, 15) is 9.90 Å². The number of carbonyl (C=O) groups is 1. The number of anilines is 1. The number of hydrogen-bond donors (Lipinski definition) is 3. The number of benzene rings is 1. The molecule has 0 bridgehead atoms. The van der Waals surface area contributed by atoms with Gasteiger partial charge in [-0.2, -0.15) is 0 Å². The van der Waals surface area contributed by atoms with Crippen LogP contribution in [0.2, 0.25) is 5.02 Å². The van der Waals surface area contributed by atoms with Gasteiger partial charge in [0.25, 0.3) is 0 Å². The van der Waals surface area contributed by atoms with Gasteiger partial charge in [-0.25, -0.2) is 4.79 Å². The van der Waals surface area contributed by atoms with Gasteiger partial charge in [-0.15, -0.1) is 0 Å². The molecule has 3 N–H and O–H groups in total. The van der Waals surface area contributed by atoms with Crippen molar-refractivity contribution >= 4 is 23.3 Å². The van der Waals surface area contributed by atoms with E-state index < -0.39 is 5.60 Å². The second-order valence-electron chi connectivity index (χ2n) is 5.72. The van der Waals surface area contributed by atoms with Gasteiger partial charge in [0.1, 0.15) is 0 Å². The van der Waals surface area contributed by atoms with Crippen molar-refractivity contribution in [1.82, 2.24) is 5.32 Å².